The highest BCUT2D eigenvalue weighted by Gasteiger charge is 2.24. The first kappa shape index (κ1) is 40.8. The summed E-state index contributed by atoms with van der Waals surface area (Å²) in [7, 11) is 0. The van der Waals surface area contributed by atoms with Gasteiger partial charge < -0.3 is 37.1 Å². The van der Waals surface area contributed by atoms with E-state index in [2.05, 4.69) is 98.9 Å². The molecule has 8 rings (SSSR count). The van der Waals surface area contributed by atoms with Gasteiger partial charge in [0.1, 0.15) is 35.2 Å². The Balaban J connectivity index is 0.000000172. The quantitative estimate of drug-likeness (QED) is 0.110. The van der Waals surface area contributed by atoms with Crippen molar-refractivity contribution in [2.24, 2.45) is 0 Å². The summed E-state index contributed by atoms with van der Waals surface area (Å²) < 4.78 is 41.3. The van der Waals surface area contributed by atoms with E-state index in [0.717, 1.165) is 109 Å². The lowest BCUT2D eigenvalue weighted by Crippen LogP contribution is -2.25. The maximum absolute atomic E-state index is 6.10. The van der Waals surface area contributed by atoms with Crippen molar-refractivity contribution in [3.05, 3.63) is 115 Å². The summed E-state index contributed by atoms with van der Waals surface area (Å²) in [5.41, 5.74) is 5.77. The van der Waals surface area contributed by atoms with E-state index in [9.17, 15) is 0 Å². The molecule has 0 saturated carbocycles. The largest absolute Gasteiger partial charge is 0.356 e. The second-order valence-corrected chi connectivity index (χ2v) is 16.7. The van der Waals surface area contributed by atoms with Crippen LogP contribution in [0, 0.1) is 21.0 Å². The van der Waals surface area contributed by atoms with Crippen LogP contribution in [0.4, 0.5) is 0 Å². The van der Waals surface area contributed by atoms with Crippen molar-refractivity contribution in [1.29, 1.82) is 0 Å². The summed E-state index contributed by atoms with van der Waals surface area (Å²) >= 11 is 4.58. The Morgan fingerprint density at radius 2 is 1.23 bits per heavy atom. The van der Waals surface area contributed by atoms with Gasteiger partial charge in [-0.25, -0.2) is 9.97 Å². The van der Waals surface area contributed by atoms with Crippen LogP contribution < -0.4 is 0 Å². The van der Waals surface area contributed by atoms with Crippen LogP contribution in [-0.4, -0.2) is 55.2 Å². The Labute approximate surface area is 354 Å². The zero-order chi connectivity index (χ0) is 39.0. The summed E-state index contributed by atoms with van der Waals surface area (Å²) in [6, 6.07) is 20.4. The molecule has 0 bridgehead atoms. The lowest BCUT2D eigenvalue weighted by atomic mass is 10.1. The molecule has 0 N–H and O–H groups in total. The number of aryl methyl sites for hydroxylation is 2. The van der Waals surface area contributed by atoms with E-state index in [1.165, 1.54) is 7.14 Å². The van der Waals surface area contributed by atoms with Crippen molar-refractivity contribution in [3.8, 4) is 22.6 Å². The van der Waals surface area contributed by atoms with Crippen molar-refractivity contribution in [2.75, 3.05) is 13.2 Å². The second kappa shape index (κ2) is 19.4. The third kappa shape index (κ3) is 10.7. The zero-order valence-corrected chi connectivity index (χ0v) is 36.5. The average molecular weight is 987 g/mol. The molecule has 2 aromatic carbocycles. The molecule has 2 fully saturated rings. The lowest BCUT2D eigenvalue weighted by Gasteiger charge is -2.26. The van der Waals surface area contributed by atoms with Crippen LogP contribution in [-0.2, 0) is 32.0 Å². The molecule has 6 heterocycles. The molecular weight excluding hydrogens is 938 g/mol. The number of halogens is 2. The fourth-order valence-electron chi connectivity index (χ4n) is 6.85. The normalized spacial score (nSPS) is 18.3. The molecule has 2 saturated heterocycles. The fraction of sp³-hybridized carbons (Fsp3) is 0.429. The number of nitrogens with zero attached hydrogens (tertiary/aromatic N) is 6. The van der Waals surface area contributed by atoms with Gasteiger partial charge in [-0.3, -0.25) is 0 Å². The lowest BCUT2D eigenvalue weighted by molar-refractivity contribution is -0.188. The number of aromatic nitrogens is 6. The van der Waals surface area contributed by atoms with Crippen molar-refractivity contribution in [1.82, 2.24) is 29.4 Å². The van der Waals surface area contributed by atoms with Gasteiger partial charge in [0.15, 0.2) is 24.1 Å². The standard InChI is InChI=1S/2C21H24IN3O3/c1-14-12-25(21(23-14)15(2)27-20-5-3-4-10-26-20)13-18-11-19(28-24-18)16-6-8-17(22)9-7-16;1-14-12-23-21(15(2)27-20-5-3-4-10-26-20)25(14)13-18-11-19(28-24-18)16-6-8-17(22)9-7-16/h2*6-9,11-12,15,20H,3-5,10,13H2,1-2H3/t2*15-,20?/m00/s1. The maximum atomic E-state index is 6.10. The van der Waals surface area contributed by atoms with Gasteiger partial charge in [-0.2, -0.15) is 0 Å². The first-order valence-corrected chi connectivity index (χ1v) is 21.4. The third-order valence-corrected chi connectivity index (χ3v) is 11.2. The summed E-state index contributed by atoms with van der Waals surface area (Å²) in [5.74, 6) is 3.30. The Bertz CT molecular complexity index is 2110. The molecule has 0 radical (unpaired) electrons. The maximum Gasteiger partial charge on any atom is 0.167 e. The highest BCUT2D eigenvalue weighted by Crippen LogP contribution is 2.28. The average Bonchev–Trinajstić information content (AvgIpc) is 4.02. The minimum Gasteiger partial charge on any atom is -0.356 e. The first-order valence-electron chi connectivity index (χ1n) is 19.2. The Kier molecular flexibility index (Phi) is 14.1. The Hall–Kier alpha value is -3.42. The summed E-state index contributed by atoms with van der Waals surface area (Å²) in [6.45, 7) is 10.8. The van der Waals surface area contributed by atoms with Gasteiger partial charge >= 0.3 is 0 Å². The van der Waals surface area contributed by atoms with E-state index in [0.29, 0.717) is 13.1 Å². The minimum atomic E-state index is -0.153. The molecule has 14 heteroatoms. The fourth-order valence-corrected chi connectivity index (χ4v) is 7.57. The van der Waals surface area contributed by atoms with Gasteiger partial charge in [0.2, 0.25) is 0 Å². The predicted molar refractivity (Wildman–Crippen MR) is 228 cm³/mol. The molecule has 0 spiro atoms. The molecule has 56 heavy (non-hydrogen) atoms. The topological polar surface area (TPSA) is 125 Å². The van der Waals surface area contributed by atoms with Crippen molar-refractivity contribution in [3.63, 3.8) is 0 Å². The SMILES string of the molecule is Cc1cn(Cc2cc(-c3ccc(I)cc3)on2)c([C@H](C)OC2CCCCO2)n1.Cc1cnc([C@H](C)OC2CCCCO2)n1Cc1cc(-c2ccc(I)cc2)on1. The highest BCUT2D eigenvalue weighted by molar-refractivity contribution is 14.1. The van der Waals surface area contributed by atoms with Gasteiger partial charge in [0.25, 0.3) is 0 Å². The van der Waals surface area contributed by atoms with Gasteiger partial charge in [-0.05, 0) is 136 Å². The third-order valence-electron chi connectivity index (χ3n) is 9.76. The number of hydrogen-bond acceptors (Lipinski definition) is 10. The van der Waals surface area contributed by atoms with Crippen LogP contribution in [0.1, 0.15) is 99.0 Å². The summed E-state index contributed by atoms with van der Waals surface area (Å²) in [5, 5.41) is 8.50. The monoisotopic (exact) mass is 986 g/mol. The van der Waals surface area contributed by atoms with Crippen molar-refractivity contribution in [2.45, 2.75) is 104 Å². The van der Waals surface area contributed by atoms with Gasteiger partial charge in [0.05, 0.1) is 18.8 Å². The van der Waals surface area contributed by atoms with Crippen molar-refractivity contribution < 1.29 is 28.0 Å². The minimum absolute atomic E-state index is 0.145. The molecule has 296 valence electrons. The first-order chi connectivity index (χ1) is 27.2. The van der Waals surface area contributed by atoms with Crippen LogP contribution >= 0.6 is 45.2 Å². The molecule has 6 aromatic rings. The van der Waals surface area contributed by atoms with Crippen molar-refractivity contribution >= 4 is 45.2 Å². The van der Waals surface area contributed by atoms with Crippen LogP contribution in [0.15, 0.2) is 82.1 Å². The molecule has 4 aromatic heterocycles. The Morgan fingerprint density at radius 3 is 1.75 bits per heavy atom. The van der Waals surface area contributed by atoms with E-state index in [4.69, 9.17) is 28.0 Å². The van der Waals surface area contributed by atoms with Gasteiger partial charge in [0, 0.05) is 61.7 Å². The van der Waals surface area contributed by atoms with E-state index < -0.39 is 0 Å². The predicted octanol–water partition coefficient (Wildman–Crippen LogP) is 10.2. The number of hydrogen-bond donors (Lipinski definition) is 0. The van der Waals surface area contributed by atoms with Crippen LogP contribution in [0.5, 0.6) is 0 Å². The van der Waals surface area contributed by atoms with Gasteiger partial charge in [-0.1, -0.05) is 34.6 Å². The smallest absolute Gasteiger partial charge is 0.167 e. The summed E-state index contributed by atoms with van der Waals surface area (Å²) in [6.07, 6.45) is 9.68. The highest BCUT2D eigenvalue weighted by atomic mass is 127. The molecule has 0 aliphatic carbocycles. The van der Waals surface area contributed by atoms with Crippen LogP contribution in [0.2, 0.25) is 0 Å². The molecular formula is C42H48I2N6O6. The molecule has 2 aliphatic rings. The van der Waals surface area contributed by atoms with E-state index >= 15 is 0 Å². The van der Waals surface area contributed by atoms with E-state index in [-0.39, 0.29) is 24.8 Å². The molecule has 2 aliphatic heterocycles. The second-order valence-electron chi connectivity index (χ2n) is 14.2. The van der Waals surface area contributed by atoms with Gasteiger partial charge in [-0.15, -0.1) is 0 Å². The Morgan fingerprint density at radius 1 is 0.714 bits per heavy atom. The number of rotatable bonds is 12. The zero-order valence-electron chi connectivity index (χ0n) is 32.2. The molecule has 4 atom stereocenters. The summed E-state index contributed by atoms with van der Waals surface area (Å²) in [4.78, 5) is 9.25. The van der Waals surface area contributed by atoms with Crippen LogP contribution in [0.25, 0.3) is 22.6 Å². The van der Waals surface area contributed by atoms with E-state index in [1.54, 1.807) is 0 Å². The number of benzene rings is 2. The molecule has 2 unspecified atom stereocenters. The molecule has 0 amide bonds. The molecule has 12 nitrogen and oxygen atoms in total. The van der Waals surface area contributed by atoms with Crippen LogP contribution in [0.3, 0.4) is 0 Å². The number of imidazole rings is 2. The number of ether oxygens (including phenoxy) is 4. The van der Waals surface area contributed by atoms with E-state index in [1.807, 2.05) is 76.5 Å².